The molecule has 0 bridgehead atoms. The van der Waals surface area contributed by atoms with E-state index in [1.54, 1.807) is 111 Å². The average Bonchev–Trinajstić information content (AvgIpc) is 1.73. The van der Waals surface area contributed by atoms with E-state index < -0.39 is 234 Å². The van der Waals surface area contributed by atoms with Gasteiger partial charge in [-0.1, -0.05) is 160 Å². The molecule has 638 valence electrons. The summed E-state index contributed by atoms with van der Waals surface area (Å²) in [5.74, 6) is -12.8. The van der Waals surface area contributed by atoms with Crippen LogP contribution in [-0.4, -0.2) is 329 Å². The van der Waals surface area contributed by atoms with E-state index in [1.807, 2.05) is 6.79 Å². The molecule has 2 unspecified atom stereocenters. The molecule has 39 nitrogen and oxygen atoms in total. The van der Waals surface area contributed by atoms with E-state index in [-0.39, 0.29) is 55.6 Å². The molecular weight excluding hydrogens is 1630 g/mol. The second-order valence-electron chi connectivity index (χ2n) is 24.7. The van der Waals surface area contributed by atoms with Crippen molar-refractivity contribution < 1.29 is 214 Å². The van der Waals surface area contributed by atoms with Crippen molar-refractivity contribution in [3.05, 3.63) is 0 Å². The van der Waals surface area contributed by atoms with E-state index in [0.717, 1.165) is 35.5 Å². The van der Waals surface area contributed by atoms with Crippen molar-refractivity contribution in [2.24, 2.45) is 47.3 Å². The Morgan fingerprint density at radius 2 is 0.688 bits per heavy atom. The van der Waals surface area contributed by atoms with Crippen LogP contribution in [-0.2, 0) is 133 Å². The molecule has 5 aliphatic heterocycles. The molecule has 5 rings (SSSR count). The Morgan fingerprint density at radius 1 is 0.429 bits per heavy atom. The van der Waals surface area contributed by atoms with E-state index in [1.165, 1.54) is 49.7 Å². The van der Waals surface area contributed by atoms with Crippen LogP contribution < -0.4 is 34.7 Å². The molecule has 20 atom stereocenters. The van der Waals surface area contributed by atoms with Crippen LogP contribution in [0.4, 0.5) is 0 Å². The van der Waals surface area contributed by atoms with E-state index in [4.69, 9.17) is 140 Å². The molecule has 0 amide bonds. The zero-order valence-electron chi connectivity index (χ0n) is 65.7. The number of halogens is 4. The first-order valence-corrected chi connectivity index (χ1v) is 42.7. The van der Waals surface area contributed by atoms with Gasteiger partial charge in [0.25, 0.3) is 3.79 Å². The molecule has 0 radical (unpaired) electrons. The maximum absolute atomic E-state index is 12.6. The monoisotopic (exact) mass is 1730 g/mol. The summed E-state index contributed by atoms with van der Waals surface area (Å²) in [7, 11) is 4.99. The number of carbonyl (C=O) groups excluding carboxylic acids is 13. The number of methoxy groups -OCH3 is 3. The molecular formula is C66H110Cl4NNa3O38. The van der Waals surface area contributed by atoms with Crippen LogP contribution in [0.2, 0.25) is 0 Å². The number of nitrogens with zero attached hydrogens (tertiary/aromatic N) is 1. The molecule has 5 fully saturated rings. The van der Waals surface area contributed by atoms with Crippen LogP contribution in [0.1, 0.15) is 126 Å². The summed E-state index contributed by atoms with van der Waals surface area (Å²) in [5, 5.41) is 96.8. The standard InChI is InChI=1S/C23H36O11.C19H30O10.C7H12O7.C6H8O6.C4H7ClO.C2Cl3N.CH4O.CH3O.CH2O.2CH4.3Na/c1-10(2)18(24)30-14-15(31-19(25)11(3)4)17(32-20(26)12(5)6)23(34-21(27)13(7)8)33-16(14)22(28)29-9;1-8(2)15(20)26-11-12(27-16(21)9(3)4)14(28-17(22)10(5)6)19(24)29-13(11)18(23)25-7;1-13-7(12)5-3(9)2(8)4(10)6(11)14-5;7-1-3-4(12-5(1)9)2(8)6(10)11-3;1-3(2)4(5)6;3-2(4,5)1-6;3*1-2;;;;;/h10-17,23H,1-9H3;8-14,19,24H,1-7H3;2-6,8-11H,1H3;1-5,7-9H;3H,1-2H3;;2H,1H3;1H3;1H2;2*1H4;;;/q;;;;;;;-1;;;;;;+1/t14-,15-,16-,17+,23-;11-,12-,13-,14+,19?;2-,3-,4+,5-,6+;1-,2-,3-,4-,5?;;;;;;;;;;/m0001........../s1. The van der Waals surface area contributed by atoms with Gasteiger partial charge in [-0.05, 0) is 11.6 Å². The van der Waals surface area contributed by atoms with Gasteiger partial charge in [-0.15, -0.1) is 0 Å². The zero-order chi connectivity index (χ0) is 86.9. The van der Waals surface area contributed by atoms with Gasteiger partial charge in [0, 0.05) is 13.0 Å². The molecule has 0 spiro atoms. The molecule has 5 saturated heterocycles. The quantitative estimate of drug-likeness (QED) is 0.0207. The fourth-order valence-electron chi connectivity index (χ4n) is 7.57. The summed E-state index contributed by atoms with van der Waals surface area (Å²) in [6.45, 7) is 27.5. The van der Waals surface area contributed by atoms with Crippen molar-refractivity contribution in [3.63, 3.8) is 0 Å². The normalized spacial score (nSPS) is 26.8. The van der Waals surface area contributed by atoms with Gasteiger partial charge >= 0.3 is 139 Å². The van der Waals surface area contributed by atoms with Gasteiger partial charge in [0.15, 0.2) is 79.9 Å². The number of hydrogen-bond donors (Lipinski definition) is 9. The Hall–Kier alpha value is -3.40. The summed E-state index contributed by atoms with van der Waals surface area (Å²) in [5.41, 5.74) is 0. The van der Waals surface area contributed by atoms with Gasteiger partial charge in [0.2, 0.25) is 17.6 Å². The van der Waals surface area contributed by atoms with Gasteiger partial charge in [-0.25, -0.2) is 19.2 Å². The van der Waals surface area contributed by atoms with Crippen LogP contribution in [0.25, 0.3) is 0 Å². The maximum atomic E-state index is 12.6. The number of rotatable bonds is 18. The summed E-state index contributed by atoms with van der Waals surface area (Å²) < 4.78 is 74.6. The van der Waals surface area contributed by atoms with Crippen molar-refractivity contribution in [2.75, 3.05) is 35.5 Å². The van der Waals surface area contributed by atoms with Gasteiger partial charge < -0.3 is 127 Å². The van der Waals surface area contributed by atoms with Crippen LogP contribution in [0, 0.1) is 58.7 Å². The predicted octanol–water partition coefficient (Wildman–Crippen LogP) is -4.12. The van der Waals surface area contributed by atoms with Gasteiger partial charge in [-0.2, -0.15) is 12.4 Å². The third-order valence-electron chi connectivity index (χ3n) is 13.6. The number of esters is 11. The first-order chi connectivity index (χ1) is 50.4. The number of nitriles is 1. The zero-order valence-corrected chi connectivity index (χ0v) is 74.7. The minimum atomic E-state index is -1.82. The number of ether oxygens (including phenoxy) is 15. The molecule has 46 heteroatoms. The molecule has 5 aliphatic rings. The number of aliphatic hydroxyl groups is 9. The molecule has 9 N–H and O–H groups in total. The number of carbonyl (C=O) groups is 13. The van der Waals surface area contributed by atoms with Gasteiger partial charge in [0.1, 0.15) is 43.4 Å². The second kappa shape index (κ2) is 63.7. The third-order valence-corrected chi connectivity index (χ3v) is 14.3. The van der Waals surface area contributed by atoms with Crippen molar-refractivity contribution >= 4 is 168 Å². The van der Waals surface area contributed by atoms with E-state index >= 15 is 0 Å². The Bertz CT molecular complexity index is 2840. The Kier molecular flexibility index (Phi) is 70.6. The molecule has 0 aromatic carbocycles. The first kappa shape index (κ1) is 124. The Morgan fingerprint density at radius 3 is 0.982 bits per heavy atom. The number of fused-ring (bicyclic) bond motifs is 1. The number of alkyl halides is 3. The van der Waals surface area contributed by atoms with E-state index in [2.05, 4.69) is 23.7 Å². The van der Waals surface area contributed by atoms with Crippen molar-refractivity contribution in [2.45, 2.75) is 252 Å². The van der Waals surface area contributed by atoms with E-state index in [9.17, 15) is 72.9 Å². The van der Waals surface area contributed by atoms with Crippen molar-refractivity contribution in [1.82, 2.24) is 0 Å². The summed E-state index contributed by atoms with van der Waals surface area (Å²) in [4.78, 5) is 151. The summed E-state index contributed by atoms with van der Waals surface area (Å²) >= 11 is 22.5. The molecule has 0 aromatic rings. The van der Waals surface area contributed by atoms with E-state index in [0.29, 0.717) is 0 Å². The Balaban J connectivity index is -0.000000206. The summed E-state index contributed by atoms with van der Waals surface area (Å²) in [6, 6.07) is 1.40. The fraction of sp³-hybridized carbons (Fsp3) is 0.788. The molecule has 0 saturated carbocycles. The average molecular weight is 1740 g/mol. The van der Waals surface area contributed by atoms with Crippen LogP contribution >= 0.6 is 46.4 Å². The second-order valence-corrected chi connectivity index (χ2v) is 27.3. The van der Waals surface area contributed by atoms with Crippen LogP contribution in [0.3, 0.4) is 0 Å². The van der Waals surface area contributed by atoms with Crippen molar-refractivity contribution in [3.8, 4) is 6.07 Å². The van der Waals surface area contributed by atoms with Crippen LogP contribution in [0.15, 0.2) is 0 Å². The molecule has 112 heavy (non-hydrogen) atoms. The Labute approximate surface area is 722 Å². The SMILES string of the molecule is C.C.C=O.CC(C)C(=O)Cl.CO.COC(=O)[C@H]1OC(O)[C@H](OC(=O)C(C)C)[C@@H](OC(=O)C(C)C)[C@@H]1OC(=O)C(C)C.COC(=O)[C@H]1O[C@@H](O)[C@H](O)[C@@H](O)[C@@H]1O.COC(=O)[C@H]1O[C@@H](OC(=O)C(C)C)[C@H](OC(=O)C(C)C)[C@@H](OC(=O)C(C)C)[C@@H]1OC(=O)C(C)C.C[O-].N#CC(Cl)(Cl)Cl.O=C1O[C@H]2[C@H](OC(O)[C@@H]2O)[C@H]1O.[Na+].[Na][Na]. The van der Waals surface area contributed by atoms with Crippen LogP contribution in [0.5, 0.6) is 0 Å². The third kappa shape index (κ3) is 43.3. The minimum absolute atomic E-state index is 0. The number of hydrogen-bond acceptors (Lipinski definition) is 39. The van der Waals surface area contributed by atoms with Gasteiger partial charge in [-0.3, -0.25) is 38.4 Å². The van der Waals surface area contributed by atoms with Crippen molar-refractivity contribution in [1.29, 1.82) is 5.26 Å². The molecule has 5 heterocycles. The first-order valence-electron chi connectivity index (χ1n) is 33.2. The predicted molar refractivity (Wildman–Crippen MR) is 384 cm³/mol. The number of aliphatic hydroxyl groups excluding tert-OH is 9. The molecule has 0 aliphatic carbocycles. The topological polar surface area (TPSA) is 589 Å². The van der Waals surface area contributed by atoms with Gasteiger partial charge in [0.05, 0.1) is 62.8 Å². The summed E-state index contributed by atoms with van der Waals surface area (Å²) in [6.07, 6.45) is -29.8. The molecule has 0 aromatic heterocycles. The fourth-order valence-corrected chi connectivity index (χ4v) is 7.57.